The first kappa shape index (κ1) is 24.7. The molecule has 0 spiro atoms. The fourth-order valence-corrected chi connectivity index (χ4v) is 4.64. The number of aromatic hydroxyl groups is 1. The molecule has 1 aromatic heterocycles. The lowest BCUT2D eigenvalue weighted by Crippen LogP contribution is -2.31. The Morgan fingerprint density at radius 1 is 1.09 bits per heavy atom. The van der Waals surface area contributed by atoms with Gasteiger partial charge in [-0.1, -0.05) is 11.6 Å². The summed E-state index contributed by atoms with van der Waals surface area (Å²) in [5.41, 5.74) is 3.34. The van der Waals surface area contributed by atoms with Gasteiger partial charge >= 0.3 is 0 Å². The maximum atomic E-state index is 13.5. The van der Waals surface area contributed by atoms with Crippen molar-refractivity contribution >= 4 is 17.5 Å². The molecule has 186 valence electrons. The molecular weight excluding hydrogens is 474 g/mol. The molecule has 0 saturated heterocycles. The summed E-state index contributed by atoms with van der Waals surface area (Å²) in [6, 6.07) is 6.34. The van der Waals surface area contributed by atoms with Gasteiger partial charge in [0, 0.05) is 36.4 Å². The highest BCUT2D eigenvalue weighted by atomic mass is 35.5. The fourth-order valence-electron chi connectivity index (χ4n) is 4.47. The van der Waals surface area contributed by atoms with E-state index < -0.39 is 6.04 Å². The van der Waals surface area contributed by atoms with Crippen LogP contribution < -0.4 is 14.2 Å². The molecule has 0 saturated carbocycles. The SMILES string of the molecule is COCCCN1C(=O)c2[nH]nc(-c3cc(Cl)c(C)cc3O)c2C1c1cc(OC)c(OC)c(OC)c1. The van der Waals surface area contributed by atoms with Gasteiger partial charge in [0.15, 0.2) is 11.5 Å². The number of H-pyrrole nitrogens is 1. The number of phenolic OH excluding ortho intramolecular Hbond substituents is 1. The predicted octanol–water partition coefficient (Wildman–Crippen LogP) is 4.35. The number of carbonyl (C=O) groups excluding carboxylic acids is 1. The van der Waals surface area contributed by atoms with Crippen LogP contribution in [0.4, 0.5) is 0 Å². The number of aromatic nitrogens is 2. The third kappa shape index (κ3) is 4.26. The maximum absolute atomic E-state index is 13.5. The molecule has 2 heterocycles. The van der Waals surface area contributed by atoms with Crippen LogP contribution in [-0.2, 0) is 4.74 Å². The number of rotatable bonds is 9. The van der Waals surface area contributed by atoms with Gasteiger partial charge in [0.2, 0.25) is 5.75 Å². The second-order valence-electron chi connectivity index (χ2n) is 8.19. The number of methoxy groups -OCH3 is 4. The number of ether oxygens (including phenoxy) is 4. The molecule has 1 aliphatic rings. The summed E-state index contributed by atoms with van der Waals surface area (Å²) in [4.78, 5) is 15.2. The second kappa shape index (κ2) is 10.1. The number of hydrogen-bond donors (Lipinski definition) is 2. The van der Waals surface area contributed by atoms with Crippen LogP contribution in [0.5, 0.6) is 23.0 Å². The van der Waals surface area contributed by atoms with Crippen molar-refractivity contribution in [3.63, 3.8) is 0 Å². The highest BCUT2D eigenvalue weighted by molar-refractivity contribution is 6.31. The summed E-state index contributed by atoms with van der Waals surface area (Å²) in [6.07, 6.45) is 0.637. The smallest absolute Gasteiger partial charge is 0.273 e. The zero-order chi connectivity index (χ0) is 25.3. The zero-order valence-corrected chi connectivity index (χ0v) is 21.0. The van der Waals surface area contributed by atoms with Gasteiger partial charge in [0.05, 0.1) is 27.4 Å². The van der Waals surface area contributed by atoms with E-state index in [9.17, 15) is 9.90 Å². The average Bonchev–Trinajstić information content (AvgIpc) is 3.39. The number of fused-ring (bicyclic) bond motifs is 1. The normalized spacial score (nSPS) is 14.9. The van der Waals surface area contributed by atoms with E-state index in [2.05, 4.69) is 10.2 Å². The van der Waals surface area contributed by atoms with E-state index in [1.165, 1.54) is 21.3 Å². The molecule has 0 aliphatic carbocycles. The second-order valence-corrected chi connectivity index (χ2v) is 8.59. The maximum Gasteiger partial charge on any atom is 0.273 e. The van der Waals surface area contributed by atoms with E-state index in [1.54, 1.807) is 31.1 Å². The van der Waals surface area contributed by atoms with Crippen LogP contribution in [0.25, 0.3) is 11.3 Å². The van der Waals surface area contributed by atoms with Crippen molar-refractivity contribution in [3.05, 3.63) is 51.7 Å². The average molecular weight is 502 g/mol. The molecule has 1 aliphatic heterocycles. The largest absolute Gasteiger partial charge is 0.507 e. The molecule has 35 heavy (non-hydrogen) atoms. The van der Waals surface area contributed by atoms with Gasteiger partial charge in [0.25, 0.3) is 5.91 Å². The lowest BCUT2D eigenvalue weighted by molar-refractivity contribution is 0.0723. The molecule has 3 aromatic rings. The number of aryl methyl sites for hydroxylation is 1. The minimum Gasteiger partial charge on any atom is -0.507 e. The van der Waals surface area contributed by atoms with Crippen LogP contribution in [0, 0.1) is 6.92 Å². The molecule has 2 aromatic carbocycles. The first-order valence-corrected chi connectivity index (χ1v) is 11.4. The van der Waals surface area contributed by atoms with Crippen molar-refractivity contribution in [3.8, 4) is 34.3 Å². The van der Waals surface area contributed by atoms with Crippen molar-refractivity contribution < 1.29 is 28.8 Å². The highest BCUT2D eigenvalue weighted by Gasteiger charge is 2.43. The van der Waals surface area contributed by atoms with Crippen LogP contribution in [0.3, 0.4) is 0 Å². The lowest BCUT2D eigenvalue weighted by atomic mass is 9.94. The zero-order valence-electron chi connectivity index (χ0n) is 20.3. The van der Waals surface area contributed by atoms with Gasteiger partial charge in [0.1, 0.15) is 17.1 Å². The molecule has 1 unspecified atom stereocenters. The topological polar surface area (TPSA) is 106 Å². The van der Waals surface area contributed by atoms with E-state index in [0.717, 1.165) is 11.1 Å². The van der Waals surface area contributed by atoms with Gasteiger partial charge < -0.3 is 29.0 Å². The molecule has 2 N–H and O–H groups in total. The van der Waals surface area contributed by atoms with Crippen LogP contribution in [0.15, 0.2) is 24.3 Å². The molecule has 4 rings (SSSR count). The van der Waals surface area contributed by atoms with Gasteiger partial charge in [-0.15, -0.1) is 0 Å². The van der Waals surface area contributed by atoms with Crippen molar-refractivity contribution in [1.29, 1.82) is 0 Å². The number of halogens is 1. The summed E-state index contributed by atoms with van der Waals surface area (Å²) >= 11 is 6.37. The Morgan fingerprint density at radius 2 is 1.77 bits per heavy atom. The number of phenols is 1. The Morgan fingerprint density at radius 3 is 2.37 bits per heavy atom. The third-order valence-electron chi connectivity index (χ3n) is 6.15. The summed E-state index contributed by atoms with van der Waals surface area (Å²) in [5, 5.41) is 18.5. The first-order chi connectivity index (χ1) is 16.9. The van der Waals surface area contributed by atoms with E-state index in [1.807, 2.05) is 12.1 Å². The van der Waals surface area contributed by atoms with Crippen molar-refractivity contribution in [2.45, 2.75) is 19.4 Å². The Balaban J connectivity index is 1.93. The number of benzene rings is 2. The summed E-state index contributed by atoms with van der Waals surface area (Å²) in [7, 11) is 6.24. The van der Waals surface area contributed by atoms with Crippen molar-refractivity contribution in [1.82, 2.24) is 15.1 Å². The molecule has 10 heteroatoms. The molecule has 1 amide bonds. The minimum atomic E-state index is -0.531. The van der Waals surface area contributed by atoms with Crippen LogP contribution in [-0.4, -0.2) is 67.7 Å². The Bertz CT molecular complexity index is 1230. The summed E-state index contributed by atoms with van der Waals surface area (Å²) in [5.74, 6) is 1.20. The van der Waals surface area contributed by atoms with E-state index in [0.29, 0.717) is 64.4 Å². The molecule has 9 nitrogen and oxygen atoms in total. The van der Waals surface area contributed by atoms with Gasteiger partial charge in [-0.05, 0) is 48.7 Å². The molecular formula is C25H28ClN3O6. The van der Waals surface area contributed by atoms with Gasteiger partial charge in [-0.2, -0.15) is 5.10 Å². The number of hydrogen-bond acceptors (Lipinski definition) is 7. The molecule has 0 bridgehead atoms. The molecule has 0 fully saturated rings. The van der Waals surface area contributed by atoms with Crippen LogP contribution in [0.1, 0.15) is 39.6 Å². The van der Waals surface area contributed by atoms with Crippen molar-refractivity contribution in [2.24, 2.45) is 0 Å². The Kier molecular flexibility index (Phi) is 7.09. The standard InChI is InChI=1S/C25H28ClN3O6/c1-13-9-17(30)15(12-16(13)26)21-20-22(28-27-21)25(31)29(7-6-8-32-2)23(20)14-10-18(33-3)24(35-5)19(11-14)34-4/h9-12,23,30H,6-8H2,1-5H3,(H,27,28). The van der Waals surface area contributed by atoms with Gasteiger partial charge in [-0.3, -0.25) is 9.89 Å². The molecule has 1 atom stereocenters. The number of nitrogens with zero attached hydrogens (tertiary/aromatic N) is 2. The summed E-state index contributed by atoms with van der Waals surface area (Å²) in [6.45, 7) is 2.75. The number of carbonyl (C=O) groups is 1. The number of aromatic amines is 1. The van der Waals surface area contributed by atoms with Gasteiger partial charge in [-0.25, -0.2) is 0 Å². The van der Waals surface area contributed by atoms with E-state index >= 15 is 0 Å². The first-order valence-electron chi connectivity index (χ1n) is 11.0. The van der Waals surface area contributed by atoms with Crippen LogP contribution >= 0.6 is 11.6 Å². The lowest BCUT2D eigenvalue weighted by Gasteiger charge is -2.27. The molecule has 0 radical (unpaired) electrons. The number of nitrogens with one attached hydrogen (secondary N) is 1. The van der Waals surface area contributed by atoms with Crippen molar-refractivity contribution in [2.75, 3.05) is 41.6 Å². The van der Waals surface area contributed by atoms with E-state index in [-0.39, 0.29) is 11.7 Å². The van der Waals surface area contributed by atoms with E-state index in [4.69, 9.17) is 30.5 Å². The number of amides is 1. The Labute approximate surface area is 208 Å². The minimum absolute atomic E-state index is 0.0233. The quantitative estimate of drug-likeness (QED) is 0.420. The highest BCUT2D eigenvalue weighted by Crippen LogP contribution is 2.48. The fraction of sp³-hybridized carbons (Fsp3) is 0.360. The monoisotopic (exact) mass is 501 g/mol. The third-order valence-corrected chi connectivity index (χ3v) is 6.55. The summed E-state index contributed by atoms with van der Waals surface area (Å²) < 4.78 is 21.8. The predicted molar refractivity (Wildman–Crippen MR) is 131 cm³/mol. The van der Waals surface area contributed by atoms with Crippen LogP contribution in [0.2, 0.25) is 5.02 Å². The Hall–Kier alpha value is -3.43.